The van der Waals surface area contributed by atoms with Gasteiger partial charge in [-0.25, -0.2) is 4.79 Å². The van der Waals surface area contributed by atoms with Gasteiger partial charge in [-0.05, 0) is 6.92 Å². The first kappa shape index (κ1) is 16.8. The molecule has 8 nitrogen and oxygen atoms in total. The van der Waals surface area contributed by atoms with Crippen molar-refractivity contribution in [1.82, 2.24) is 24.0 Å². The molecule has 0 aromatic carbocycles. The molecule has 1 saturated heterocycles. The average Bonchev–Trinajstić information content (AvgIpc) is 2.96. The van der Waals surface area contributed by atoms with Crippen molar-refractivity contribution in [3.63, 3.8) is 0 Å². The second-order valence-corrected chi connectivity index (χ2v) is 6.52. The van der Waals surface area contributed by atoms with Crippen LogP contribution in [0.3, 0.4) is 0 Å². The Balaban J connectivity index is 2.30. The predicted molar refractivity (Wildman–Crippen MR) is 94.9 cm³/mol. The predicted octanol–water partition coefficient (Wildman–Crippen LogP) is -0.0141. The van der Waals surface area contributed by atoms with E-state index in [-0.39, 0.29) is 11.2 Å². The summed E-state index contributed by atoms with van der Waals surface area (Å²) in [6.07, 6.45) is 1.83. The second-order valence-electron chi connectivity index (χ2n) is 5.93. The van der Waals surface area contributed by atoms with Gasteiger partial charge < -0.3 is 14.8 Å². The molecule has 1 N–H and O–H groups in total. The largest absolute Gasteiger partial charge is 0.340 e. The minimum Gasteiger partial charge on any atom is -0.340 e. The molecule has 2 aromatic heterocycles. The molecule has 130 valence electrons. The van der Waals surface area contributed by atoms with Crippen LogP contribution in [-0.4, -0.2) is 44.9 Å². The maximum atomic E-state index is 12.7. The molecule has 3 heterocycles. The van der Waals surface area contributed by atoms with E-state index in [1.807, 2.05) is 10.6 Å². The van der Waals surface area contributed by atoms with E-state index in [0.717, 1.165) is 30.7 Å². The molecule has 0 unspecified atom stereocenters. The minimum atomic E-state index is -0.381. The van der Waals surface area contributed by atoms with E-state index < -0.39 is 0 Å². The Bertz CT molecular complexity index is 913. The maximum Gasteiger partial charge on any atom is 0.332 e. The molecule has 0 bridgehead atoms. The quantitative estimate of drug-likeness (QED) is 0.840. The normalized spacial score (nSPS) is 16.2. The Hall–Kier alpha value is -2.06. The lowest BCUT2D eigenvalue weighted by Gasteiger charge is -2.28. The van der Waals surface area contributed by atoms with E-state index in [2.05, 4.69) is 15.2 Å². The number of aryl methyl sites for hydroxylation is 1. The number of hydrogen-bond donors (Lipinski definition) is 1. The highest BCUT2D eigenvalue weighted by Crippen LogP contribution is 2.20. The fourth-order valence-corrected chi connectivity index (χ4v) is 3.00. The lowest BCUT2D eigenvalue weighted by atomic mass is 10.4. The molecule has 0 amide bonds. The SMILES string of the molecule is CC(Cl)=CCn1c(N2CCNCC2)nc2c1c(=O)n(C)c(=O)n2C. The summed E-state index contributed by atoms with van der Waals surface area (Å²) in [6, 6.07) is 0. The monoisotopic (exact) mass is 352 g/mol. The lowest BCUT2D eigenvalue weighted by Crippen LogP contribution is -2.44. The van der Waals surface area contributed by atoms with Crippen molar-refractivity contribution in [3.05, 3.63) is 31.9 Å². The number of nitrogens with one attached hydrogen (secondary N) is 1. The summed E-state index contributed by atoms with van der Waals surface area (Å²) < 4.78 is 4.36. The van der Waals surface area contributed by atoms with Gasteiger partial charge in [-0.1, -0.05) is 17.7 Å². The van der Waals surface area contributed by atoms with Gasteiger partial charge in [-0.15, -0.1) is 0 Å². The Morgan fingerprint density at radius 2 is 1.92 bits per heavy atom. The molecule has 0 aliphatic carbocycles. The van der Waals surface area contributed by atoms with E-state index in [9.17, 15) is 9.59 Å². The van der Waals surface area contributed by atoms with Crippen LogP contribution in [0.4, 0.5) is 5.95 Å². The zero-order chi connectivity index (χ0) is 17.4. The molecule has 1 aliphatic rings. The first-order valence-corrected chi connectivity index (χ1v) is 8.23. The van der Waals surface area contributed by atoms with Crippen LogP contribution in [0.2, 0.25) is 0 Å². The number of rotatable bonds is 3. The van der Waals surface area contributed by atoms with Crippen LogP contribution >= 0.6 is 11.6 Å². The summed E-state index contributed by atoms with van der Waals surface area (Å²) in [5.74, 6) is 0.693. The molecular weight excluding hydrogens is 332 g/mol. The Morgan fingerprint density at radius 3 is 2.54 bits per heavy atom. The molecular formula is C15H21ClN6O2. The molecule has 24 heavy (non-hydrogen) atoms. The Labute approximate surface area is 144 Å². The van der Waals surface area contributed by atoms with Gasteiger partial charge in [0.1, 0.15) is 0 Å². The standard InChI is InChI=1S/C15H21ClN6O2/c1-10(16)4-7-22-11-12(19(2)15(24)20(3)13(11)23)18-14(22)21-8-5-17-6-9-21/h4,17H,5-9H2,1-3H3. The molecule has 1 fully saturated rings. The molecule has 0 spiro atoms. The first-order valence-electron chi connectivity index (χ1n) is 7.86. The van der Waals surface area contributed by atoms with Crippen LogP contribution in [0.1, 0.15) is 6.92 Å². The highest BCUT2D eigenvalue weighted by Gasteiger charge is 2.23. The molecule has 2 aromatic rings. The van der Waals surface area contributed by atoms with E-state index in [1.165, 1.54) is 11.6 Å². The summed E-state index contributed by atoms with van der Waals surface area (Å²) in [5.41, 5.74) is 0.0928. The zero-order valence-electron chi connectivity index (χ0n) is 14.0. The number of aromatic nitrogens is 4. The fourth-order valence-electron chi connectivity index (χ4n) is 2.93. The summed E-state index contributed by atoms with van der Waals surface area (Å²) in [6.45, 7) is 5.51. The minimum absolute atomic E-state index is 0.345. The van der Waals surface area contributed by atoms with Crippen LogP contribution in [0, 0.1) is 0 Å². The number of piperazine rings is 1. The number of fused-ring (bicyclic) bond motifs is 1. The second kappa shape index (κ2) is 6.45. The van der Waals surface area contributed by atoms with Crippen molar-refractivity contribution < 1.29 is 0 Å². The van der Waals surface area contributed by atoms with Gasteiger partial charge in [0.15, 0.2) is 11.2 Å². The average molecular weight is 353 g/mol. The highest BCUT2D eigenvalue weighted by molar-refractivity contribution is 6.29. The number of hydrogen-bond acceptors (Lipinski definition) is 5. The smallest absolute Gasteiger partial charge is 0.332 e. The number of anilines is 1. The van der Waals surface area contributed by atoms with E-state index in [4.69, 9.17) is 11.6 Å². The summed E-state index contributed by atoms with van der Waals surface area (Å²) in [4.78, 5) is 31.6. The van der Waals surface area contributed by atoms with Crippen molar-refractivity contribution in [3.8, 4) is 0 Å². The van der Waals surface area contributed by atoms with Crippen molar-refractivity contribution in [2.45, 2.75) is 13.5 Å². The third-order valence-corrected chi connectivity index (χ3v) is 4.44. The van der Waals surface area contributed by atoms with Gasteiger partial charge in [-0.3, -0.25) is 13.9 Å². The van der Waals surface area contributed by atoms with Gasteiger partial charge in [0.25, 0.3) is 5.56 Å². The molecule has 9 heteroatoms. The third-order valence-electron chi connectivity index (χ3n) is 4.28. The van der Waals surface area contributed by atoms with Gasteiger partial charge in [0.2, 0.25) is 5.95 Å². The Kier molecular flexibility index (Phi) is 4.51. The van der Waals surface area contributed by atoms with Crippen LogP contribution in [-0.2, 0) is 20.6 Å². The number of nitrogens with zero attached hydrogens (tertiary/aromatic N) is 5. The van der Waals surface area contributed by atoms with E-state index in [1.54, 1.807) is 14.0 Å². The molecule has 0 radical (unpaired) electrons. The summed E-state index contributed by atoms with van der Waals surface area (Å²) in [5, 5.41) is 3.94. The van der Waals surface area contributed by atoms with E-state index >= 15 is 0 Å². The number of allylic oxidation sites excluding steroid dienone is 2. The van der Waals surface area contributed by atoms with Gasteiger partial charge in [0.05, 0.1) is 0 Å². The maximum absolute atomic E-state index is 12.7. The number of halogens is 1. The molecule has 0 saturated carbocycles. The van der Waals surface area contributed by atoms with Gasteiger partial charge in [-0.2, -0.15) is 4.98 Å². The van der Waals surface area contributed by atoms with Gasteiger partial charge in [0, 0.05) is 51.9 Å². The van der Waals surface area contributed by atoms with Gasteiger partial charge >= 0.3 is 5.69 Å². The van der Waals surface area contributed by atoms with Crippen LogP contribution in [0.15, 0.2) is 20.7 Å². The first-order chi connectivity index (χ1) is 11.4. The topological polar surface area (TPSA) is 77.1 Å². The molecule has 1 aliphatic heterocycles. The van der Waals surface area contributed by atoms with Crippen LogP contribution in [0.5, 0.6) is 0 Å². The highest BCUT2D eigenvalue weighted by atomic mass is 35.5. The third kappa shape index (κ3) is 2.76. The summed E-state index contributed by atoms with van der Waals surface area (Å²) in [7, 11) is 3.11. The Morgan fingerprint density at radius 1 is 1.25 bits per heavy atom. The fraction of sp³-hybridized carbons (Fsp3) is 0.533. The molecule has 3 rings (SSSR count). The number of imidazole rings is 1. The van der Waals surface area contributed by atoms with E-state index in [0.29, 0.717) is 28.7 Å². The van der Waals surface area contributed by atoms with Crippen LogP contribution in [0.25, 0.3) is 11.2 Å². The zero-order valence-corrected chi connectivity index (χ0v) is 14.8. The summed E-state index contributed by atoms with van der Waals surface area (Å²) >= 11 is 5.98. The van der Waals surface area contributed by atoms with Crippen molar-refractivity contribution >= 4 is 28.7 Å². The van der Waals surface area contributed by atoms with Crippen LogP contribution < -0.4 is 21.5 Å². The lowest BCUT2D eigenvalue weighted by molar-refractivity contribution is 0.572. The van der Waals surface area contributed by atoms with Crippen molar-refractivity contribution in [2.24, 2.45) is 14.1 Å². The molecule has 0 atom stereocenters. The van der Waals surface area contributed by atoms with Crippen molar-refractivity contribution in [2.75, 3.05) is 31.1 Å². The van der Waals surface area contributed by atoms with Crippen molar-refractivity contribution in [1.29, 1.82) is 0 Å².